The zero-order valence-electron chi connectivity index (χ0n) is 7.38. The molecule has 1 aromatic carbocycles. The van der Waals surface area contributed by atoms with Gasteiger partial charge in [0, 0.05) is 0 Å². The third kappa shape index (κ3) is 2.78. The fourth-order valence-electron chi connectivity index (χ4n) is 0.838. The maximum Gasteiger partial charge on any atom is 0.377 e. The van der Waals surface area contributed by atoms with Crippen molar-refractivity contribution in [3.05, 3.63) is 35.9 Å². The number of hydrogen-bond acceptors (Lipinski definition) is 4. The summed E-state index contributed by atoms with van der Waals surface area (Å²) in [7, 11) is 0. The van der Waals surface area contributed by atoms with Crippen LogP contribution in [-0.4, -0.2) is 17.0 Å². The summed E-state index contributed by atoms with van der Waals surface area (Å²) in [5.41, 5.74) is 5.85. The van der Waals surface area contributed by atoms with Crippen LogP contribution in [0.3, 0.4) is 0 Å². The number of benzene rings is 1. The van der Waals surface area contributed by atoms with Gasteiger partial charge in [-0.25, -0.2) is 4.79 Å². The number of amidine groups is 1. The van der Waals surface area contributed by atoms with Crippen LogP contribution in [0.2, 0.25) is 0 Å². The highest BCUT2D eigenvalue weighted by atomic mass is 16.5. The molecule has 0 heterocycles. The molecule has 5 nitrogen and oxygen atoms in total. The number of esters is 1. The zero-order chi connectivity index (χ0) is 10.4. The van der Waals surface area contributed by atoms with Crippen LogP contribution in [0.4, 0.5) is 0 Å². The van der Waals surface area contributed by atoms with Gasteiger partial charge in [-0.05, 0) is 5.56 Å². The first kappa shape index (κ1) is 10.0. The van der Waals surface area contributed by atoms with E-state index in [-0.39, 0.29) is 6.61 Å². The summed E-state index contributed by atoms with van der Waals surface area (Å²) in [6.45, 7) is 0.107. The number of carbonyl (C=O) groups excluding carboxylic acids is 1. The summed E-state index contributed by atoms with van der Waals surface area (Å²) in [4.78, 5) is 10.9. The molecule has 14 heavy (non-hydrogen) atoms. The van der Waals surface area contributed by atoms with Gasteiger partial charge in [0.25, 0.3) is 0 Å². The molecule has 74 valence electrons. The minimum absolute atomic E-state index is 0.107. The topological polar surface area (TPSA) is 84.9 Å². The fraction of sp³-hybridized carbons (Fsp3) is 0.111. The zero-order valence-corrected chi connectivity index (χ0v) is 7.38. The van der Waals surface area contributed by atoms with Gasteiger partial charge < -0.3 is 15.7 Å². The molecule has 0 unspecified atom stereocenters. The molecule has 0 bridgehead atoms. The van der Waals surface area contributed by atoms with Crippen molar-refractivity contribution in [3.8, 4) is 0 Å². The van der Waals surface area contributed by atoms with Gasteiger partial charge in [-0.15, -0.1) is 0 Å². The molecule has 3 N–H and O–H groups in total. The molecule has 0 fully saturated rings. The minimum atomic E-state index is -0.837. The summed E-state index contributed by atoms with van der Waals surface area (Å²) in [6.07, 6.45) is 0. The Balaban J connectivity index is 2.46. The molecule has 0 aliphatic heterocycles. The van der Waals surface area contributed by atoms with Gasteiger partial charge in [0.2, 0.25) is 5.84 Å². The van der Waals surface area contributed by atoms with Crippen molar-refractivity contribution in [2.75, 3.05) is 0 Å². The van der Waals surface area contributed by atoms with Crippen LogP contribution in [0.5, 0.6) is 0 Å². The summed E-state index contributed by atoms with van der Waals surface area (Å²) < 4.78 is 4.73. The Bertz CT molecular complexity index is 335. The van der Waals surface area contributed by atoms with Crippen LogP contribution >= 0.6 is 0 Å². The summed E-state index contributed by atoms with van der Waals surface area (Å²) in [6, 6.07) is 9.12. The molecule has 1 rings (SSSR count). The van der Waals surface area contributed by atoms with E-state index in [0.29, 0.717) is 0 Å². The molecule has 0 aliphatic carbocycles. The number of rotatable bonds is 2. The van der Waals surface area contributed by atoms with Crippen molar-refractivity contribution in [2.24, 2.45) is 10.9 Å². The molecule has 0 saturated heterocycles. The molecular formula is C9H10N2O3. The van der Waals surface area contributed by atoms with E-state index in [1.54, 1.807) is 12.1 Å². The second-order valence-electron chi connectivity index (χ2n) is 2.55. The highest BCUT2D eigenvalue weighted by Gasteiger charge is 2.08. The third-order valence-electron chi connectivity index (χ3n) is 1.53. The summed E-state index contributed by atoms with van der Waals surface area (Å²) in [5, 5.41) is 10.7. The van der Waals surface area contributed by atoms with Crippen LogP contribution < -0.4 is 5.73 Å². The predicted molar refractivity (Wildman–Crippen MR) is 49.6 cm³/mol. The quantitative estimate of drug-likeness (QED) is 0.236. The maximum atomic E-state index is 10.9. The highest BCUT2D eigenvalue weighted by Crippen LogP contribution is 2.00. The average Bonchev–Trinajstić information content (AvgIpc) is 2.26. The van der Waals surface area contributed by atoms with E-state index in [9.17, 15) is 4.79 Å². The molecule has 5 heteroatoms. The lowest BCUT2D eigenvalue weighted by Crippen LogP contribution is -2.25. The Kier molecular flexibility index (Phi) is 3.49. The molecule has 0 spiro atoms. The van der Waals surface area contributed by atoms with E-state index in [4.69, 9.17) is 15.7 Å². The van der Waals surface area contributed by atoms with Crippen molar-refractivity contribution in [2.45, 2.75) is 6.61 Å². The molecule has 1 aromatic rings. The van der Waals surface area contributed by atoms with E-state index in [0.717, 1.165) is 5.56 Å². The number of ether oxygens (including phenoxy) is 1. The molecule has 0 aliphatic rings. The van der Waals surface area contributed by atoms with Crippen molar-refractivity contribution in [1.29, 1.82) is 0 Å². The van der Waals surface area contributed by atoms with Gasteiger partial charge in [0.15, 0.2) is 0 Å². The van der Waals surface area contributed by atoms with Crippen LogP contribution in [0.15, 0.2) is 35.5 Å². The molecule has 0 atom stereocenters. The standard InChI is InChI=1S/C9H10N2O3/c10-8(11-13)9(12)14-6-7-4-2-1-3-5-7/h1-5,13H,6H2,(H2,10,11). The van der Waals surface area contributed by atoms with E-state index in [1.807, 2.05) is 18.2 Å². The number of nitrogens with zero attached hydrogens (tertiary/aromatic N) is 1. The van der Waals surface area contributed by atoms with E-state index in [2.05, 4.69) is 5.16 Å². The average molecular weight is 194 g/mol. The monoisotopic (exact) mass is 194 g/mol. The Labute approximate surface area is 80.8 Å². The van der Waals surface area contributed by atoms with Crippen LogP contribution in [-0.2, 0) is 16.1 Å². The van der Waals surface area contributed by atoms with Gasteiger partial charge >= 0.3 is 5.97 Å². The lowest BCUT2D eigenvalue weighted by atomic mass is 10.2. The van der Waals surface area contributed by atoms with Gasteiger partial charge in [-0.2, -0.15) is 0 Å². The predicted octanol–water partition coefficient (Wildman–Crippen LogP) is 0.476. The van der Waals surface area contributed by atoms with E-state index in [1.165, 1.54) is 0 Å². The second kappa shape index (κ2) is 4.86. The second-order valence-corrected chi connectivity index (χ2v) is 2.55. The Morgan fingerprint density at radius 2 is 2.07 bits per heavy atom. The number of carbonyl (C=O) groups is 1. The molecule has 0 aromatic heterocycles. The van der Waals surface area contributed by atoms with Crippen molar-refractivity contribution < 1.29 is 14.7 Å². The van der Waals surface area contributed by atoms with Crippen molar-refractivity contribution >= 4 is 11.8 Å². The normalized spacial score (nSPS) is 11.0. The molecule has 0 saturated carbocycles. The van der Waals surface area contributed by atoms with Crippen molar-refractivity contribution in [1.82, 2.24) is 0 Å². The van der Waals surface area contributed by atoms with Gasteiger partial charge in [0.1, 0.15) is 6.61 Å². The molecular weight excluding hydrogens is 184 g/mol. The summed E-state index contributed by atoms with van der Waals surface area (Å²) in [5.74, 6) is -1.39. The summed E-state index contributed by atoms with van der Waals surface area (Å²) >= 11 is 0. The highest BCUT2D eigenvalue weighted by molar-refractivity contribution is 6.34. The lowest BCUT2D eigenvalue weighted by molar-refractivity contribution is -0.137. The first-order valence-corrected chi connectivity index (χ1v) is 3.92. The molecule has 0 amide bonds. The minimum Gasteiger partial charge on any atom is -0.455 e. The Hall–Kier alpha value is -2.04. The first-order chi connectivity index (χ1) is 6.74. The van der Waals surface area contributed by atoms with E-state index < -0.39 is 11.8 Å². The third-order valence-corrected chi connectivity index (χ3v) is 1.53. The smallest absolute Gasteiger partial charge is 0.377 e. The van der Waals surface area contributed by atoms with Crippen LogP contribution in [0.1, 0.15) is 5.56 Å². The van der Waals surface area contributed by atoms with Crippen molar-refractivity contribution in [3.63, 3.8) is 0 Å². The van der Waals surface area contributed by atoms with Gasteiger partial charge in [-0.3, -0.25) is 0 Å². The number of hydrogen-bond donors (Lipinski definition) is 2. The molecule has 0 radical (unpaired) electrons. The van der Waals surface area contributed by atoms with Crippen LogP contribution in [0, 0.1) is 0 Å². The van der Waals surface area contributed by atoms with Gasteiger partial charge in [-0.1, -0.05) is 35.5 Å². The SMILES string of the molecule is N/C(=N/O)C(=O)OCc1ccccc1. The maximum absolute atomic E-state index is 10.9. The lowest BCUT2D eigenvalue weighted by Gasteiger charge is -2.02. The van der Waals surface area contributed by atoms with E-state index >= 15 is 0 Å². The number of oxime groups is 1. The Morgan fingerprint density at radius 1 is 1.43 bits per heavy atom. The fourth-order valence-corrected chi connectivity index (χ4v) is 0.838. The largest absolute Gasteiger partial charge is 0.455 e. The first-order valence-electron chi connectivity index (χ1n) is 3.92. The van der Waals surface area contributed by atoms with Gasteiger partial charge in [0.05, 0.1) is 0 Å². The number of nitrogens with two attached hydrogens (primary N) is 1. The Morgan fingerprint density at radius 3 is 2.64 bits per heavy atom. The van der Waals surface area contributed by atoms with Crippen LogP contribution in [0.25, 0.3) is 0 Å².